The van der Waals surface area contributed by atoms with Crippen molar-refractivity contribution in [1.29, 1.82) is 0 Å². The summed E-state index contributed by atoms with van der Waals surface area (Å²) in [5.41, 5.74) is 6.66. The number of alkyl halides is 1. The number of amides is 2. The fourth-order valence-electron chi connectivity index (χ4n) is 4.14. The topological polar surface area (TPSA) is 44.4 Å². The maximum atomic E-state index is 12.3. The molecule has 3 aliphatic rings. The normalized spacial score (nSPS) is 19.7. The standard InChI is InChI=1S/C18H24FN3OS/c19-7-8-22-10-14(11-22)24-21-18(23)20-17-15-5-1-3-12(15)9-13-4-2-6-16(13)17/h9,14H,1-8,10-11H2,(H2,20,21,23). The number of urea groups is 1. The van der Waals surface area contributed by atoms with Gasteiger partial charge in [0.05, 0.1) is 5.25 Å². The van der Waals surface area contributed by atoms with Gasteiger partial charge >= 0.3 is 6.03 Å². The van der Waals surface area contributed by atoms with Gasteiger partial charge in [0.1, 0.15) is 6.67 Å². The molecular formula is C18H24FN3OS. The number of carbonyl (C=O) groups excluding carboxylic acids is 1. The molecule has 2 N–H and O–H groups in total. The summed E-state index contributed by atoms with van der Waals surface area (Å²) in [5.74, 6) is 0. The average molecular weight is 349 g/mol. The number of fused-ring (bicyclic) bond motifs is 2. The van der Waals surface area contributed by atoms with E-state index in [1.807, 2.05) is 0 Å². The summed E-state index contributed by atoms with van der Waals surface area (Å²) in [4.78, 5) is 14.4. The predicted molar refractivity (Wildman–Crippen MR) is 96.4 cm³/mol. The Morgan fingerprint density at radius 3 is 2.46 bits per heavy atom. The number of nitrogens with one attached hydrogen (secondary N) is 2. The van der Waals surface area contributed by atoms with E-state index in [2.05, 4.69) is 21.0 Å². The molecule has 0 saturated carbocycles. The van der Waals surface area contributed by atoms with Gasteiger partial charge < -0.3 is 5.32 Å². The van der Waals surface area contributed by atoms with Gasteiger partial charge in [-0.1, -0.05) is 6.07 Å². The van der Waals surface area contributed by atoms with Crippen molar-refractivity contribution in [3.63, 3.8) is 0 Å². The Labute approximate surface area is 146 Å². The Kier molecular flexibility index (Phi) is 4.68. The lowest BCUT2D eigenvalue weighted by atomic mass is 9.99. The van der Waals surface area contributed by atoms with Crippen molar-refractivity contribution in [3.05, 3.63) is 28.3 Å². The van der Waals surface area contributed by atoms with Crippen LogP contribution in [0.4, 0.5) is 14.9 Å². The van der Waals surface area contributed by atoms with E-state index < -0.39 is 0 Å². The minimum atomic E-state index is -0.296. The second kappa shape index (κ2) is 6.92. The average Bonchev–Trinajstić information content (AvgIpc) is 3.17. The number of nitrogens with zero attached hydrogens (tertiary/aromatic N) is 1. The number of carbonyl (C=O) groups is 1. The highest BCUT2D eigenvalue weighted by Crippen LogP contribution is 2.38. The highest BCUT2D eigenvalue weighted by atomic mass is 32.2. The van der Waals surface area contributed by atoms with Crippen LogP contribution in [0.3, 0.4) is 0 Å². The van der Waals surface area contributed by atoms with Crippen molar-refractivity contribution in [2.24, 2.45) is 0 Å². The maximum absolute atomic E-state index is 12.3. The van der Waals surface area contributed by atoms with Crippen LogP contribution in [-0.4, -0.2) is 42.5 Å². The first-order valence-corrected chi connectivity index (χ1v) is 9.80. The molecule has 2 aliphatic carbocycles. The van der Waals surface area contributed by atoms with Crippen LogP contribution in [0.5, 0.6) is 0 Å². The Hall–Kier alpha value is -1.27. The molecule has 6 heteroatoms. The minimum Gasteiger partial charge on any atom is -0.307 e. The molecule has 0 radical (unpaired) electrons. The summed E-state index contributed by atoms with van der Waals surface area (Å²) in [6.07, 6.45) is 6.81. The predicted octanol–water partition coefficient (Wildman–Crippen LogP) is 3.09. The Bertz CT molecular complexity index is 613. The van der Waals surface area contributed by atoms with E-state index in [-0.39, 0.29) is 12.7 Å². The lowest BCUT2D eigenvalue weighted by Crippen LogP contribution is -2.51. The van der Waals surface area contributed by atoms with Gasteiger partial charge in [0.2, 0.25) is 0 Å². The molecule has 130 valence electrons. The van der Waals surface area contributed by atoms with Gasteiger partial charge in [0.15, 0.2) is 0 Å². The molecule has 4 rings (SSSR count). The van der Waals surface area contributed by atoms with Crippen molar-refractivity contribution < 1.29 is 9.18 Å². The van der Waals surface area contributed by atoms with Crippen LogP contribution in [-0.2, 0) is 25.7 Å². The summed E-state index contributed by atoms with van der Waals surface area (Å²) in [5, 5.41) is 3.51. The van der Waals surface area contributed by atoms with E-state index in [0.717, 1.165) is 44.5 Å². The van der Waals surface area contributed by atoms with E-state index in [4.69, 9.17) is 0 Å². The first-order valence-electron chi connectivity index (χ1n) is 8.92. The van der Waals surface area contributed by atoms with E-state index >= 15 is 0 Å². The van der Waals surface area contributed by atoms with Crippen molar-refractivity contribution >= 4 is 23.7 Å². The van der Waals surface area contributed by atoms with Crippen LogP contribution < -0.4 is 10.0 Å². The number of anilines is 1. The number of halogens is 1. The fourth-order valence-corrected chi connectivity index (χ4v) is 5.04. The van der Waals surface area contributed by atoms with Crippen LogP contribution in [0, 0.1) is 0 Å². The molecular weight excluding hydrogens is 325 g/mol. The first-order chi connectivity index (χ1) is 11.7. The molecule has 2 amide bonds. The Morgan fingerprint density at radius 2 is 1.83 bits per heavy atom. The molecule has 1 aromatic carbocycles. The van der Waals surface area contributed by atoms with Gasteiger partial charge in [-0.15, -0.1) is 0 Å². The van der Waals surface area contributed by atoms with E-state index in [1.54, 1.807) is 0 Å². The summed E-state index contributed by atoms with van der Waals surface area (Å²) in [7, 11) is 0. The molecule has 1 aromatic rings. The second-order valence-electron chi connectivity index (χ2n) is 6.98. The molecule has 0 aromatic heterocycles. The number of hydrogen-bond acceptors (Lipinski definition) is 3. The molecule has 0 bridgehead atoms. The molecule has 24 heavy (non-hydrogen) atoms. The zero-order valence-corrected chi connectivity index (χ0v) is 14.7. The van der Waals surface area contributed by atoms with Crippen molar-refractivity contribution in [3.8, 4) is 0 Å². The van der Waals surface area contributed by atoms with Crippen LogP contribution in [0.25, 0.3) is 0 Å². The molecule has 1 heterocycles. The number of aryl methyl sites for hydroxylation is 2. The third-order valence-corrected chi connectivity index (χ3v) is 6.29. The highest BCUT2D eigenvalue weighted by Gasteiger charge is 2.28. The molecule has 1 aliphatic heterocycles. The van der Waals surface area contributed by atoms with Crippen LogP contribution in [0.1, 0.15) is 35.1 Å². The third kappa shape index (κ3) is 3.14. The summed E-state index contributed by atoms with van der Waals surface area (Å²) in [6, 6.07) is 2.24. The zero-order valence-electron chi connectivity index (χ0n) is 13.9. The van der Waals surface area contributed by atoms with Gasteiger partial charge in [-0.25, -0.2) is 9.18 Å². The smallest absolute Gasteiger partial charge is 0.307 e. The number of benzene rings is 1. The number of rotatable bonds is 5. The fraction of sp³-hybridized carbons (Fsp3) is 0.611. The molecule has 0 spiro atoms. The highest BCUT2D eigenvalue weighted by molar-refractivity contribution is 7.98. The van der Waals surface area contributed by atoms with Gasteiger partial charge in [0.25, 0.3) is 0 Å². The largest absolute Gasteiger partial charge is 0.329 e. The Balaban J connectivity index is 1.37. The van der Waals surface area contributed by atoms with Crippen LogP contribution in [0.15, 0.2) is 6.07 Å². The summed E-state index contributed by atoms with van der Waals surface area (Å²) in [6.45, 7) is 1.91. The lowest BCUT2D eigenvalue weighted by molar-refractivity contribution is 0.175. The van der Waals surface area contributed by atoms with Gasteiger partial charge in [-0.3, -0.25) is 9.62 Å². The SMILES string of the molecule is O=C(NSC1CN(CCF)C1)Nc1c2c(cc3c1CCC3)CCC2. The quantitative estimate of drug-likeness (QED) is 0.803. The van der Waals surface area contributed by atoms with Gasteiger partial charge in [-0.2, -0.15) is 0 Å². The zero-order chi connectivity index (χ0) is 16.5. The van der Waals surface area contributed by atoms with Crippen LogP contribution >= 0.6 is 11.9 Å². The maximum Gasteiger partial charge on any atom is 0.329 e. The monoisotopic (exact) mass is 349 g/mol. The van der Waals surface area contributed by atoms with E-state index in [9.17, 15) is 9.18 Å². The molecule has 0 unspecified atom stereocenters. The van der Waals surface area contributed by atoms with Crippen molar-refractivity contribution in [1.82, 2.24) is 9.62 Å². The van der Waals surface area contributed by atoms with Crippen molar-refractivity contribution in [2.75, 3.05) is 31.6 Å². The van der Waals surface area contributed by atoms with Crippen molar-refractivity contribution in [2.45, 2.75) is 43.8 Å². The molecule has 4 nitrogen and oxygen atoms in total. The third-order valence-electron chi connectivity index (χ3n) is 5.35. The Morgan fingerprint density at radius 1 is 1.17 bits per heavy atom. The van der Waals surface area contributed by atoms with Gasteiger partial charge in [0, 0.05) is 25.3 Å². The summed E-state index contributed by atoms with van der Waals surface area (Å²) < 4.78 is 15.2. The van der Waals surface area contributed by atoms with Gasteiger partial charge in [-0.05, 0) is 72.7 Å². The summed E-state index contributed by atoms with van der Waals surface area (Å²) >= 11 is 1.46. The minimum absolute atomic E-state index is 0.127. The lowest BCUT2D eigenvalue weighted by Gasteiger charge is -2.37. The second-order valence-corrected chi connectivity index (χ2v) is 8.09. The molecule has 1 saturated heterocycles. The number of hydrogen-bond donors (Lipinski definition) is 2. The van der Waals surface area contributed by atoms with Crippen LogP contribution in [0.2, 0.25) is 0 Å². The number of likely N-dealkylation sites (tertiary alicyclic amines) is 1. The van der Waals surface area contributed by atoms with E-state index in [1.165, 1.54) is 47.0 Å². The molecule has 1 fully saturated rings. The first kappa shape index (κ1) is 16.2. The molecule has 0 atom stereocenters. The van der Waals surface area contributed by atoms with E-state index in [0.29, 0.717) is 11.8 Å².